The van der Waals surface area contributed by atoms with Gasteiger partial charge in [0.2, 0.25) is 0 Å². The van der Waals surface area contributed by atoms with Gasteiger partial charge in [-0.1, -0.05) is 29.8 Å². The van der Waals surface area contributed by atoms with Crippen molar-refractivity contribution in [2.45, 2.75) is 26.4 Å². The lowest BCUT2D eigenvalue weighted by molar-refractivity contribution is 0.507. The summed E-state index contributed by atoms with van der Waals surface area (Å²) in [6, 6.07) is 11.0. The molecule has 2 rings (SSSR count). The molecule has 0 amide bonds. The van der Waals surface area contributed by atoms with Crippen LogP contribution in [0.5, 0.6) is 0 Å². The summed E-state index contributed by atoms with van der Waals surface area (Å²) >= 11 is 0. The summed E-state index contributed by atoms with van der Waals surface area (Å²) in [5.41, 5.74) is 2.63. The summed E-state index contributed by atoms with van der Waals surface area (Å²) < 4.78 is 1.94. The molecule has 2 aromatic rings. The smallest absolute Gasteiger partial charge is 0.0534 e. The third-order valence-electron chi connectivity index (χ3n) is 2.93. The van der Waals surface area contributed by atoms with Crippen LogP contribution in [0, 0.1) is 6.92 Å². The first-order chi connectivity index (χ1) is 8.25. The van der Waals surface area contributed by atoms with E-state index < -0.39 is 0 Å². The Bertz CT molecular complexity index is 431. The van der Waals surface area contributed by atoms with Crippen LogP contribution in [-0.4, -0.2) is 16.3 Å². The van der Waals surface area contributed by atoms with Crippen LogP contribution in [0.15, 0.2) is 42.7 Å². The van der Waals surface area contributed by atoms with Crippen LogP contribution in [0.2, 0.25) is 0 Å². The second-order valence-electron chi connectivity index (χ2n) is 4.36. The van der Waals surface area contributed by atoms with Crippen molar-refractivity contribution >= 4 is 0 Å². The Morgan fingerprint density at radius 1 is 1.29 bits per heavy atom. The Kier molecular flexibility index (Phi) is 3.94. The van der Waals surface area contributed by atoms with E-state index in [1.807, 2.05) is 23.1 Å². The largest absolute Gasteiger partial charge is 0.308 e. The van der Waals surface area contributed by atoms with Gasteiger partial charge in [-0.3, -0.25) is 4.68 Å². The van der Waals surface area contributed by atoms with E-state index in [1.54, 1.807) is 0 Å². The fourth-order valence-electron chi connectivity index (χ4n) is 1.80. The third kappa shape index (κ3) is 3.43. The number of aryl methyl sites for hydroxylation is 1. The lowest BCUT2D eigenvalue weighted by Crippen LogP contribution is -2.23. The Hall–Kier alpha value is -1.61. The number of aromatic nitrogens is 2. The minimum Gasteiger partial charge on any atom is -0.308 e. The highest BCUT2D eigenvalue weighted by Crippen LogP contribution is 2.12. The zero-order valence-corrected chi connectivity index (χ0v) is 10.4. The molecular weight excluding hydrogens is 210 g/mol. The second-order valence-corrected chi connectivity index (χ2v) is 4.36. The molecule has 0 aliphatic carbocycles. The highest BCUT2D eigenvalue weighted by molar-refractivity contribution is 5.23. The van der Waals surface area contributed by atoms with E-state index in [2.05, 4.69) is 48.5 Å². The average molecular weight is 229 g/mol. The number of hydrogen-bond donors (Lipinski definition) is 1. The van der Waals surface area contributed by atoms with Crippen LogP contribution in [0.25, 0.3) is 0 Å². The van der Waals surface area contributed by atoms with Crippen LogP contribution >= 0.6 is 0 Å². The first-order valence-electron chi connectivity index (χ1n) is 6.03. The summed E-state index contributed by atoms with van der Waals surface area (Å²) in [6.07, 6.45) is 3.79. The maximum atomic E-state index is 4.17. The van der Waals surface area contributed by atoms with Crippen molar-refractivity contribution in [3.63, 3.8) is 0 Å². The summed E-state index contributed by atoms with van der Waals surface area (Å²) in [7, 11) is 0. The lowest BCUT2D eigenvalue weighted by atomic mass is 10.1. The number of rotatable bonds is 5. The molecule has 0 aliphatic heterocycles. The number of nitrogens with zero attached hydrogens (tertiary/aromatic N) is 2. The van der Waals surface area contributed by atoms with Crippen molar-refractivity contribution in [3.8, 4) is 0 Å². The van der Waals surface area contributed by atoms with Crippen molar-refractivity contribution in [3.05, 3.63) is 53.9 Å². The maximum Gasteiger partial charge on any atom is 0.0534 e. The van der Waals surface area contributed by atoms with E-state index in [0.717, 1.165) is 13.1 Å². The summed E-state index contributed by atoms with van der Waals surface area (Å²) in [5, 5.41) is 7.67. The molecule has 1 heterocycles. The van der Waals surface area contributed by atoms with Crippen molar-refractivity contribution in [1.82, 2.24) is 15.1 Å². The molecular formula is C14H19N3. The molecule has 1 aromatic carbocycles. The molecule has 0 saturated carbocycles. The Balaban J connectivity index is 1.81. The van der Waals surface area contributed by atoms with Gasteiger partial charge in [0.25, 0.3) is 0 Å². The van der Waals surface area contributed by atoms with Crippen LogP contribution < -0.4 is 5.32 Å². The van der Waals surface area contributed by atoms with Gasteiger partial charge in [-0.05, 0) is 25.5 Å². The van der Waals surface area contributed by atoms with Gasteiger partial charge in [0, 0.05) is 25.0 Å². The minimum absolute atomic E-state index is 0.381. The van der Waals surface area contributed by atoms with Gasteiger partial charge in [0.15, 0.2) is 0 Å². The highest BCUT2D eigenvalue weighted by Gasteiger charge is 2.03. The van der Waals surface area contributed by atoms with E-state index in [4.69, 9.17) is 0 Å². The first kappa shape index (κ1) is 11.9. The van der Waals surface area contributed by atoms with E-state index in [1.165, 1.54) is 11.1 Å². The van der Waals surface area contributed by atoms with E-state index in [9.17, 15) is 0 Å². The molecule has 0 fully saturated rings. The molecule has 0 bridgehead atoms. The van der Waals surface area contributed by atoms with Crippen molar-refractivity contribution in [2.75, 3.05) is 6.54 Å². The zero-order chi connectivity index (χ0) is 12.1. The Morgan fingerprint density at radius 3 is 2.71 bits per heavy atom. The van der Waals surface area contributed by atoms with Crippen LogP contribution in [0.1, 0.15) is 24.1 Å². The lowest BCUT2D eigenvalue weighted by Gasteiger charge is -2.14. The molecule has 3 heteroatoms. The predicted octanol–water partition coefficient (Wildman–Crippen LogP) is 2.54. The van der Waals surface area contributed by atoms with Crippen LogP contribution in [-0.2, 0) is 6.54 Å². The molecule has 0 aliphatic rings. The molecule has 3 nitrogen and oxygen atoms in total. The monoisotopic (exact) mass is 229 g/mol. The molecule has 1 aromatic heterocycles. The van der Waals surface area contributed by atoms with Crippen LogP contribution in [0.4, 0.5) is 0 Å². The number of benzene rings is 1. The molecule has 0 spiro atoms. The fraction of sp³-hybridized carbons (Fsp3) is 0.357. The summed E-state index contributed by atoms with van der Waals surface area (Å²) in [5.74, 6) is 0. The van der Waals surface area contributed by atoms with Gasteiger partial charge in [-0.2, -0.15) is 5.10 Å². The van der Waals surface area contributed by atoms with E-state index in [-0.39, 0.29) is 0 Å². The van der Waals surface area contributed by atoms with Gasteiger partial charge in [-0.15, -0.1) is 0 Å². The predicted molar refractivity (Wildman–Crippen MR) is 69.8 cm³/mol. The van der Waals surface area contributed by atoms with E-state index >= 15 is 0 Å². The van der Waals surface area contributed by atoms with Gasteiger partial charge < -0.3 is 5.32 Å². The topological polar surface area (TPSA) is 29.9 Å². The molecule has 1 N–H and O–H groups in total. The van der Waals surface area contributed by atoms with Crippen molar-refractivity contribution in [1.29, 1.82) is 0 Å². The number of nitrogens with one attached hydrogen (secondary N) is 1. The fourth-order valence-corrected chi connectivity index (χ4v) is 1.80. The average Bonchev–Trinajstić information content (AvgIpc) is 2.83. The Labute approximate surface area is 102 Å². The van der Waals surface area contributed by atoms with Crippen LogP contribution in [0.3, 0.4) is 0 Å². The van der Waals surface area contributed by atoms with Gasteiger partial charge in [-0.25, -0.2) is 0 Å². The highest BCUT2D eigenvalue weighted by atomic mass is 15.3. The Morgan fingerprint density at radius 2 is 2.06 bits per heavy atom. The molecule has 90 valence electrons. The zero-order valence-electron chi connectivity index (χ0n) is 10.4. The molecule has 0 unspecified atom stereocenters. The normalized spacial score (nSPS) is 12.6. The van der Waals surface area contributed by atoms with Gasteiger partial charge in [0.1, 0.15) is 0 Å². The SMILES string of the molecule is Cc1ccc([C@H](C)NCCn2cccn2)cc1. The summed E-state index contributed by atoms with van der Waals surface area (Å²) in [4.78, 5) is 0. The van der Waals surface area contributed by atoms with Gasteiger partial charge in [0.05, 0.1) is 6.54 Å². The van der Waals surface area contributed by atoms with Crippen molar-refractivity contribution < 1.29 is 0 Å². The molecule has 1 atom stereocenters. The first-order valence-corrected chi connectivity index (χ1v) is 6.03. The molecule has 17 heavy (non-hydrogen) atoms. The second kappa shape index (κ2) is 5.64. The third-order valence-corrected chi connectivity index (χ3v) is 2.93. The quantitative estimate of drug-likeness (QED) is 0.854. The van der Waals surface area contributed by atoms with Gasteiger partial charge >= 0.3 is 0 Å². The minimum atomic E-state index is 0.381. The van der Waals surface area contributed by atoms with Crippen molar-refractivity contribution in [2.24, 2.45) is 0 Å². The van der Waals surface area contributed by atoms with E-state index in [0.29, 0.717) is 6.04 Å². The standard InChI is InChI=1S/C14H19N3/c1-12-4-6-14(7-5-12)13(2)15-9-11-17-10-3-8-16-17/h3-8,10,13,15H,9,11H2,1-2H3/t13-/m0/s1. The number of hydrogen-bond acceptors (Lipinski definition) is 2. The molecule has 0 radical (unpaired) electrons. The summed E-state index contributed by atoms with van der Waals surface area (Å²) in [6.45, 7) is 6.13. The maximum absolute atomic E-state index is 4.17. The molecule has 0 saturated heterocycles.